The minimum atomic E-state index is -1.79. The van der Waals surface area contributed by atoms with E-state index in [2.05, 4.69) is 26.8 Å². The normalized spacial score (nSPS) is 11.9. The van der Waals surface area contributed by atoms with Gasteiger partial charge < -0.3 is 20.4 Å². The third-order valence-electron chi connectivity index (χ3n) is 2.18. The van der Waals surface area contributed by atoms with Crippen molar-refractivity contribution in [2.45, 2.75) is 46.1 Å². The van der Waals surface area contributed by atoms with Gasteiger partial charge in [0, 0.05) is 0 Å². The van der Waals surface area contributed by atoms with Gasteiger partial charge in [-0.25, -0.2) is 4.79 Å². The number of aliphatic hydroxyl groups is 2. The van der Waals surface area contributed by atoms with Crippen LogP contribution in [0.25, 0.3) is 0 Å². The molecule has 1 unspecified atom stereocenters. The van der Waals surface area contributed by atoms with Crippen molar-refractivity contribution in [1.82, 2.24) is 0 Å². The summed E-state index contributed by atoms with van der Waals surface area (Å²) in [6.07, 6.45) is 3.68. The highest BCUT2D eigenvalue weighted by molar-refractivity contribution is 5.79. The molecule has 0 aliphatic heterocycles. The molecule has 0 spiro atoms. The maximum atomic E-state index is 9.72. The van der Waals surface area contributed by atoms with Gasteiger partial charge in [0.15, 0.2) is 6.10 Å². The van der Waals surface area contributed by atoms with E-state index in [1.165, 1.54) is 11.1 Å². The number of carbonyl (C=O) groups is 2. The molecule has 20 heavy (non-hydrogen) atoms. The van der Waals surface area contributed by atoms with E-state index < -0.39 is 24.5 Å². The maximum absolute atomic E-state index is 9.72. The topological polar surface area (TPSA) is 115 Å². The fourth-order valence-corrected chi connectivity index (χ4v) is 1.10. The van der Waals surface area contributed by atoms with Gasteiger partial charge in [-0.15, -0.1) is 0 Å². The van der Waals surface area contributed by atoms with E-state index in [0.29, 0.717) is 0 Å². The molecule has 0 heterocycles. The van der Waals surface area contributed by atoms with Gasteiger partial charge in [0.2, 0.25) is 0 Å². The Balaban J connectivity index is 0. The summed E-state index contributed by atoms with van der Waals surface area (Å²) in [7, 11) is 0. The number of aliphatic carboxylic acids is 2. The van der Waals surface area contributed by atoms with E-state index in [-0.39, 0.29) is 6.61 Å². The van der Waals surface area contributed by atoms with Crippen LogP contribution < -0.4 is 0 Å². The van der Waals surface area contributed by atoms with Crippen molar-refractivity contribution in [1.29, 1.82) is 0 Å². The second kappa shape index (κ2) is 12.4. The summed E-state index contributed by atoms with van der Waals surface area (Å²) in [6, 6.07) is 0. The van der Waals surface area contributed by atoms with Crippen LogP contribution in [-0.4, -0.2) is 45.1 Å². The number of aliphatic hydroxyl groups excluding tert-OH is 2. The highest BCUT2D eigenvalue weighted by atomic mass is 16.4. The van der Waals surface area contributed by atoms with E-state index in [1.807, 2.05) is 6.08 Å². The smallest absolute Gasteiger partial charge is 0.333 e. The molecule has 116 valence electrons. The van der Waals surface area contributed by atoms with Crippen LogP contribution in [0.3, 0.4) is 0 Å². The van der Waals surface area contributed by atoms with E-state index in [9.17, 15) is 9.59 Å². The van der Waals surface area contributed by atoms with Crippen molar-refractivity contribution in [3.8, 4) is 0 Å². The lowest BCUT2D eigenvalue weighted by atomic mass is 10.1. The van der Waals surface area contributed by atoms with Crippen LogP contribution in [0.2, 0.25) is 0 Å². The Morgan fingerprint density at radius 1 is 1.10 bits per heavy atom. The lowest BCUT2D eigenvalue weighted by molar-refractivity contribution is -0.152. The summed E-state index contributed by atoms with van der Waals surface area (Å²) in [5, 5.41) is 32.7. The molecule has 0 aromatic rings. The van der Waals surface area contributed by atoms with Gasteiger partial charge in [0.1, 0.15) is 0 Å². The quantitative estimate of drug-likeness (QED) is 0.529. The summed E-state index contributed by atoms with van der Waals surface area (Å²) in [4.78, 5) is 19.4. The van der Waals surface area contributed by atoms with Gasteiger partial charge >= 0.3 is 11.9 Å². The molecule has 0 aromatic heterocycles. The first-order valence-electron chi connectivity index (χ1n) is 6.23. The zero-order valence-electron chi connectivity index (χ0n) is 12.2. The van der Waals surface area contributed by atoms with Crippen molar-refractivity contribution in [2.75, 3.05) is 6.61 Å². The molecule has 4 N–H and O–H groups in total. The third kappa shape index (κ3) is 16.3. The molecule has 6 heteroatoms. The van der Waals surface area contributed by atoms with Crippen molar-refractivity contribution in [3.05, 3.63) is 23.3 Å². The number of hydrogen-bond donors (Lipinski definition) is 4. The molecular formula is C14H24O6. The molecular weight excluding hydrogens is 264 g/mol. The predicted octanol–water partition coefficient (Wildman–Crippen LogP) is 1.58. The molecule has 0 saturated heterocycles. The average Bonchev–Trinajstić information content (AvgIpc) is 2.28. The first-order valence-corrected chi connectivity index (χ1v) is 6.23. The SMILES string of the molecule is CC(C)=CCC/C(C)=C/CO.O=C(O)CC(O)C(=O)O. The number of allylic oxidation sites excluding steroid dienone is 3. The number of rotatable bonds is 7. The van der Waals surface area contributed by atoms with Crippen LogP contribution in [0.1, 0.15) is 40.0 Å². The summed E-state index contributed by atoms with van der Waals surface area (Å²) in [5.41, 5.74) is 2.63. The molecule has 0 bridgehead atoms. The van der Waals surface area contributed by atoms with Crippen LogP contribution in [0.15, 0.2) is 23.3 Å². The highest BCUT2D eigenvalue weighted by Crippen LogP contribution is 2.05. The molecule has 0 radical (unpaired) electrons. The highest BCUT2D eigenvalue weighted by Gasteiger charge is 2.16. The monoisotopic (exact) mass is 288 g/mol. The second-order valence-electron chi connectivity index (χ2n) is 4.51. The van der Waals surface area contributed by atoms with E-state index in [4.69, 9.17) is 20.4 Å². The molecule has 0 aliphatic carbocycles. The van der Waals surface area contributed by atoms with Crippen molar-refractivity contribution in [2.24, 2.45) is 0 Å². The number of carboxylic acids is 2. The molecule has 0 fully saturated rings. The minimum absolute atomic E-state index is 0.167. The molecule has 0 aromatic carbocycles. The van der Waals surface area contributed by atoms with Gasteiger partial charge in [-0.05, 0) is 33.6 Å². The first kappa shape index (κ1) is 20.7. The predicted molar refractivity (Wildman–Crippen MR) is 75.4 cm³/mol. The summed E-state index contributed by atoms with van der Waals surface area (Å²) < 4.78 is 0. The van der Waals surface area contributed by atoms with Gasteiger partial charge in [0.25, 0.3) is 0 Å². The van der Waals surface area contributed by atoms with Crippen LogP contribution >= 0.6 is 0 Å². The van der Waals surface area contributed by atoms with Gasteiger partial charge in [-0.3, -0.25) is 4.79 Å². The zero-order chi connectivity index (χ0) is 16.1. The Hall–Kier alpha value is -1.66. The van der Waals surface area contributed by atoms with Crippen molar-refractivity contribution < 1.29 is 30.0 Å². The molecule has 0 amide bonds. The molecule has 6 nitrogen and oxygen atoms in total. The average molecular weight is 288 g/mol. The Morgan fingerprint density at radius 3 is 1.95 bits per heavy atom. The van der Waals surface area contributed by atoms with Gasteiger partial charge in [0.05, 0.1) is 13.0 Å². The standard InChI is InChI=1S/C10H18O.C4H6O5/c1-9(2)5-4-6-10(3)7-8-11;5-2(4(8)9)1-3(6)7/h5,7,11H,4,6,8H2,1-3H3;2,5H,1H2,(H,6,7)(H,8,9)/b10-7+;. The van der Waals surface area contributed by atoms with Gasteiger partial charge in [-0.2, -0.15) is 0 Å². The zero-order valence-corrected chi connectivity index (χ0v) is 12.2. The largest absolute Gasteiger partial charge is 0.481 e. The van der Waals surface area contributed by atoms with Crippen LogP contribution in [0.4, 0.5) is 0 Å². The van der Waals surface area contributed by atoms with Crippen LogP contribution in [0.5, 0.6) is 0 Å². The summed E-state index contributed by atoms with van der Waals surface area (Å²) >= 11 is 0. The summed E-state index contributed by atoms with van der Waals surface area (Å²) in [6.45, 7) is 6.42. The maximum Gasteiger partial charge on any atom is 0.333 e. The molecule has 1 atom stereocenters. The fourth-order valence-electron chi connectivity index (χ4n) is 1.10. The van der Waals surface area contributed by atoms with Crippen molar-refractivity contribution >= 4 is 11.9 Å². The van der Waals surface area contributed by atoms with Crippen molar-refractivity contribution in [3.63, 3.8) is 0 Å². The molecule has 0 aliphatic rings. The lowest BCUT2D eigenvalue weighted by Crippen LogP contribution is -2.22. The molecule has 0 rings (SSSR count). The van der Waals surface area contributed by atoms with E-state index >= 15 is 0 Å². The van der Waals surface area contributed by atoms with Crippen LogP contribution in [-0.2, 0) is 9.59 Å². The molecule has 0 saturated carbocycles. The number of carboxylic acid groups (broad SMARTS) is 2. The summed E-state index contributed by atoms with van der Waals surface area (Å²) in [5.74, 6) is -2.85. The lowest BCUT2D eigenvalue weighted by Gasteiger charge is -1.97. The second-order valence-corrected chi connectivity index (χ2v) is 4.51. The first-order chi connectivity index (χ1) is 9.20. The Bertz CT molecular complexity index is 353. The van der Waals surface area contributed by atoms with Crippen LogP contribution in [0, 0.1) is 0 Å². The van der Waals surface area contributed by atoms with E-state index in [1.54, 1.807) is 0 Å². The Kier molecular flexibility index (Phi) is 12.8. The Morgan fingerprint density at radius 2 is 1.65 bits per heavy atom. The van der Waals surface area contributed by atoms with E-state index in [0.717, 1.165) is 12.8 Å². The Labute approximate surface area is 119 Å². The number of hydrogen-bond acceptors (Lipinski definition) is 4. The minimum Gasteiger partial charge on any atom is -0.481 e. The van der Waals surface area contributed by atoms with Gasteiger partial charge in [-0.1, -0.05) is 23.3 Å². The third-order valence-corrected chi connectivity index (χ3v) is 2.18. The fraction of sp³-hybridized carbons (Fsp3) is 0.571.